The van der Waals surface area contributed by atoms with Gasteiger partial charge in [0, 0.05) is 12.6 Å². The fourth-order valence-electron chi connectivity index (χ4n) is 4.51. The number of aromatic hydroxyl groups is 1. The van der Waals surface area contributed by atoms with Crippen LogP contribution in [0.2, 0.25) is 0 Å². The van der Waals surface area contributed by atoms with E-state index in [-0.39, 0.29) is 23.4 Å². The Labute approximate surface area is 220 Å². The monoisotopic (exact) mass is 536 g/mol. The van der Waals surface area contributed by atoms with E-state index in [0.29, 0.717) is 29.3 Å². The number of hydrogen-bond acceptors (Lipinski definition) is 11. The van der Waals surface area contributed by atoms with Gasteiger partial charge in [0.05, 0.1) is 17.8 Å². The zero-order valence-electron chi connectivity index (χ0n) is 19.5. The maximum absolute atomic E-state index is 14.9. The molecule has 188 valence electrons. The van der Waals surface area contributed by atoms with E-state index >= 15 is 0 Å². The Morgan fingerprint density at radius 2 is 1.97 bits per heavy atom. The number of halogens is 1. The molecule has 0 saturated heterocycles. The van der Waals surface area contributed by atoms with Gasteiger partial charge in [0.2, 0.25) is 9.36 Å². The fourth-order valence-corrected chi connectivity index (χ4v) is 4.77. The zero-order valence-corrected chi connectivity index (χ0v) is 22.2. The van der Waals surface area contributed by atoms with Crippen molar-refractivity contribution in [1.29, 1.82) is 0 Å². The average Bonchev–Trinajstić information content (AvgIpc) is 3.26. The molecule has 0 radical (unpaired) electrons. The second-order valence-electron chi connectivity index (χ2n) is 8.89. The average molecular weight is 537 g/mol. The first kappa shape index (κ1) is 26.0. The summed E-state index contributed by atoms with van der Waals surface area (Å²) in [6.07, 6.45) is 6.22. The van der Waals surface area contributed by atoms with E-state index in [1.165, 1.54) is 6.07 Å². The van der Waals surface area contributed by atoms with E-state index < -0.39 is 9.71 Å². The fraction of sp³-hybridized carbons (Fsp3) is 0.545. The first-order valence-electron chi connectivity index (χ1n) is 11.5. The highest BCUT2D eigenvalue weighted by molar-refractivity contribution is 8.15. The highest BCUT2D eigenvalue weighted by atomic mass is 32.2. The molecule has 4 rings (SSSR count). The van der Waals surface area contributed by atoms with Crippen LogP contribution in [-0.2, 0) is 3.54 Å². The number of tetrazole rings is 1. The Morgan fingerprint density at radius 3 is 2.60 bits per heavy atom. The van der Waals surface area contributed by atoms with Crippen LogP contribution in [0.25, 0.3) is 22.8 Å². The number of thiol groups is 3. The van der Waals surface area contributed by atoms with Crippen molar-refractivity contribution in [2.75, 3.05) is 11.9 Å². The quantitative estimate of drug-likeness (QED) is 0.200. The van der Waals surface area contributed by atoms with Crippen LogP contribution >= 0.6 is 37.9 Å². The second-order valence-corrected chi connectivity index (χ2v) is 11.9. The predicted molar refractivity (Wildman–Crippen MR) is 143 cm³/mol. The summed E-state index contributed by atoms with van der Waals surface area (Å²) < 4.78 is 13.7. The standard InChI is InChI=1S/C22H29FN8OS3/c1-3-5-13-6-4-7-16(23)17(10-13)30(2)19-12-24-21(26-25-19)15-9-8-14(11-18(15)32)20-27-29-31(28-20)22(33,34)35/h8-9,11-13,16-17,32-35H,3-7,10H2,1-2H3/t13-,16+,17-/m1/s1. The minimum Gasteiger partial charge on any atom is -0.507 e. The van der Waals surface area contributed by atoms with Crippen LogP contribution in [-0.4, -0.2) is 59.8 Å². The maximum Gasteiger partial charge on any atom is 0.213 e. The Balaban J connectivity index is 1.51. The summed E-state index contributed by atoms with van der Waals surface area (Å²) in [6, 6.07) is 4.60. The smallest absolute Gasteiger partial charge is 0.213 e. The lowest BCUT2D eigenvalue weighted by atomic mass is 9.93. The summed E-state index contributed by atoms with van der Waals surface area (Å²) in [5, 5.41) is 31.1. The third kappa shape index (κ3) is 6.00. The molecule has 1 aromatic carbocycles. The molecule has 1 saturated carbocycles. The van der Waals surface area contributed by atoms with Crippen molar-refractivity contribution in [1.82, 2.24) is 35.4 Å². The van der Waals surface area contributed by atoms with Crippen LogP contribution in [0.15, 0.2) is 24.4 Å². The van der Waals surface area contributed by atoms with E-state index in [1.54, 1.807) is 18.3 Å². The molecule has 1 N–H and O–H groups in total. The lowest BCUT2D eigenvalue weighted by molar-refractivity contribution is 0.252. The molecule has 3 aromatic rings. The van der Waals surface area contributed by atoms with Gasteiger partial charge in [0.1, 0.15) is 11.9 Å². The third-order valence-corrected chi connectivity index (χ3v) is 6.91. The van der Waals surface area contributed by atoms with Gasteiger partial charge in [-0.15, -0.1) is 63.1 Å². The molecule has 2 heterocycles. The molecule has 0 unspecified atom stereocenters. The molecule has 0 amide bonds. The lowest BCUT2D eigenvalue weighted by Crippen LogP contribution is -2.40. The molecule has 1 aliphatic rings. The first-order valence-corrected chi connectivity index (χ1v) is 12.9. The Kier molecular flexibility index (Phi) is 8.06. The molecule has 0 aliphatic heterocycles. The van der Waals surface area contributed by atoms with Crippen molar-refractivity contribution in [3.63, 3.8) is 0 Å². The van der Waals surface area contributed by atoms with Gasteiger partial charge >= 0.3 is 0 Å². The van der Waals surface area contributed by atoms with Crippen LogP contribution in [0.1, 0.15) is 45.4 Å². The largest absolute Gasteiger partial charge is 0.507 e. The van der Waals surface area contributed by atoms with E-state index in [4.69, 9.17) is 0 Å². The van der Waals surface area contributed by atoms with E-state index in [9.17, 15) is 9.50 Å². The van der Waals surface area contributed by atoms with Gasteiger partial charge in [0.25, 0.3) is 0 Å². The maximum atomic E-state index is 14.9. The number of phenols is 1. The topological polar surface area (TPSA) is 106 Å². The highest BCUT2D eigenvalue weighted by Crippen LogP contribution is 2.34. The summed E-state index contributed by atoms with van der Waals surface area (Å²) in [7, 11) is 1.85. The number of aromatic nitrogens is 7. The van der Waals surface area contributed by atoms with Gasteiger partial charge < -0.3 is 10.0 Å². The van der Waals surface area contributed by atoms with E-state index in [0.717, 1.165) is 36.9 Å². The molecule has 2 aromatic heterocycles. The van der Waals surface area contributed by atoms with Crippen LogP contribution < -0.4 is 4.90 Å². The van der Waals surface area contributed by atoms with Crippen LogP contribution in [0.5, 0.6) is 5.75 Å². The van der Waals surface area contributed by atoms with Crippen LogP contribution in [0.4, 0.5) is 10.2 Å². The molecule has 9 nitrogen and oxygen atoms in total. The van der Waals surface area contributed by atoms with E-state index in [2.05, 4.69) is 75.4 Å². The molecule has 13 heteroatoms. The van der Waals surface area contributed by atoms with Crippen molar-refractivity contribution in [2.45, 2.75) is 61.2 Å². The highest BCUT2D eigenvalue weighted by Gasteiger charge is 2.32. The molecule has 3 atom stereocenters. The minimum atomic E-state index is -1.21. The third-order valence-electron chi connectivity index (χ3n) is 6.37. The number of anilines is 1. The molecular formula is C22H29FN8OS3. The van der Waals surface area contributed by atoms with Gasteiger partial charge in [-0.3, -0.25) is 0 Å². The van der Waals surface area contributed by atoms with Gasteiger partial charge in [-0.05, 0) is 36.1 Å². The summed E-state index contributed by atoms with van der Waals surface area (Å²) in [5.41, 5.74) is 0.931. The Morgan fingerprint density at radius 1 is 1.17 bits per heavy atom. The van der Waals surface area contributed by atoms with Crippen molar-refractivity contribution in [3.8, 4) is 28.5 Å². The predicted octanol–water partition coefficient (Wildman–Crippen LogP) is 4.39. The van der Waals surface area contributed by atoms with Gasteiger partial charge in [0.15, 0.2) is 11.6 Å². The number of benzene rings is 1. The lowest BCUT2D eigenvalue weighted by Gasteiger charge is -2.31. The number of hydrogen-bond donors (Lipinski definition) is 4. The SMILES string of the molecule is CCC[C@@H]1CCC[C@H](F)[C@H](N(C)c2cnc(-c3ccc(-c4nnn(C(S)(S)S)n4)cc3O)nn2)C1. The first-order chi connectivity index (χ1) is 16.7. The van der Waals surface area contributed by atoms with Gasteiger partial charge in [-0.1, -0.05) is 38.7 Å². The number of rotatable bonds is 7. The Hall–Kier alpha value is -2.12. The molecule has 1 aliphatic carbocycles. The molecule has 0 spiro atoms. The zero-order chi connectivity index (χ0) is 25.2. The van der Waals surface area contributed by atoms with Crippen LogP contribution in [0, 0.1) is 5.92 Å². The van der Waals surface area contributed by atoms with Gasteiger partial charge in [-0.25, -0.2) is 9.37 Å². The Bertz CT molecular complexity index is 1140. The van der Waals surface area contributed by atoms with Crippen molar-refractivity contribution in [2.24, 2.45) is 5.92 Å². The molecule has 35 heavy (non-hydrogen) atoms. The second kappa shape index (κ2) is 10.9. The summed E-state index contributed by atoms with van der Waals surface area (Å²) in [6.45, 7) is 2.17. The van der Waals surface area contributed by atoms with E-state index in [1.807, 2.05) is 11.9 Å². The van der Waals surface area contributed by atoms with Crippen molar-refractivity contribution >= 4 is 43.7 Å². The molecule has 1 fully saturated rings. The summed E-state index contributed by atoms with van der Waals surface area (Å²) in [5.74, 6) is 1.49. The number of alkyl halides is 1. The van der Waals surface area contributed by atoms with Crippen molar-refractivity contribution in [3.05, 3.63) is 24.4 Å². The number of nitrogens with zero attached hydrogens (tertiary/aromatic N) is 8. The summed E-state index contributed by atoms with van der Waals surface area (Å²) >= 11 is 12.5. The summed E-state index contributed by atoms with van der Waals surface area (Å²) in [4.78, 5) is 7.38. The normalized spacial score (nSPS) is 21.0. The molecular weight excluding hydrogens is 507 g/mol. The molecule has 0 bridgehead atoms. The number of phenolic OH excluding ortho intramolecular Hbond substituents is 1. The van der Waals surface area contributed by atoms with Crippen molar-refractivity contribution < 1.29 is 9.50 Å². The minimum absolute atomic E-state index is 0.0642. The van der Waals surface area contributed by atoms with Crippen LogP contribution in [0.3, 0.4) is 0 Å². The van der Waals surface area contributed by atoms with Gasteiger partial charge in [-0.2, -0.15) is 0 Å².